The molecule has 108 valence electrons. The fourth-order valence-corrected chi connectivity index (χ4v) is 3.07. The van der Waals surface area contributed by atoms with Crippen LogP contribution in [-0.4, -0.2) is 37.0 Å². The summed E-state index contributed by atoms with van der Waals surface area (Å²) < 4.78 is 5.54. The van der Waals surface area contributed by atoms with Gasteiger partial charge in [0.15, 0.2) is 0 Å². The Hall–Kier alpha value is -1.55. The lowest BCUT2D eigenvalue weighted by atomic mass is 10.0. The third kappa shape index (κ3) is 2.66. The number of rotatable bonds is 3. The number of nitrogens with zero attached hydrogens (tertiary/aromatic N) is 1. The van der Waals surface area contributed by atoms with Crippen molar-refractivity contribution in [3.8, 4) is 5.75 Å². The minimum absolute atomic E-state index is 0.255. The largest absolute Gasteiger partial charge is 0.493 e. The Labute approximate surface area is 120 Å². The van der Waals surface area contributed by atoms with Crippen LogP contribution in [0.1, 0.15) is 36.9 Å². The topological polar surface area (TPSA) is 41.6 Å². The Morgan fingerprint density at radius 1 is 1.40 bits per heavy atom. The van der Waals surface area contributed by atoms with E-state index in [1.807, 2.05) is 11.9 Å². The maximum absolute atomic E-state index is 11.5. The number of benzene rings is 1. The van der Waals surface area contributed by atoms with Crippen LogP contribution in [0.25, 0.3) is 0 Å². The molecular formula is C16H22N2O2. The van der Waals surface area contributed by atoms with Gasteiger partial charge < -0.3 is 15.0 Å². The van der Waals surface area contributed by atoms with Crippen LogP contribution in [0.15, 0.2) is 18.2 Å². The normalized spacial score (nSPS) is 23.4. The molecule has 4 heteroatoms. The van der Waals surface area contributed by atoms with E-state index in [-0.39, 0.29) is 5.91 Å². The van der Waals surface area contributed by atoms with Gasteiger partial charge in [-0.05, 0) is 30.5 Å². The molecule has 1 fully saturated rings. The van der Waals surface area contributed by atoms with Crippen LogP contribution in [-0.2, 0) is 11.2 Å². The second-order valence-electron chi connectivity index (χ2n) is 5.86. The van der Waals surface area contributed by atoms with Gasteiger partial charge in [-0.25, -0.2) is 0 Å². The molecule has 2 aliphatic rings. The highest BCUT2D eigenvalue weighted by molar-refractivity contribution is 5.76. The molecule has 2 atom stereocenters. The second-order valence-corrected chi connectivity index (χ2v) is 5.86. The molecule has 0 bridgehead atoms. The van der Waals surface area contributed by atoms with E-state index in [9.17, 15) is 4.79 Å². The van der Waals surface area contributed by atoms with Gasteiger partial charge in [-0.15, -0.1) is 0 Å². The Morgan fingerprint density at radius 2 is 2.25 bits per heavy atom. The van der Waals surface area contributed by atoms with Gasteiger partial charge >= 0.3 is 0 Å². The number of ether oxygens (including phenoxy) is 1. The van der Waals surface area contributed by atoms with Gasteiger partial charge in [0, 0.05) is 38.5 Å². The molecular weight excluding hydrogens is 252 g/mol. The number of likely N-dealkylation sites (tertiary alicyclic amines) is 1. The fourth-order valence-electron chi connectivity index (χ4n) is 3.07. The lowest BCUT2D eigenvalue weighted by Gasteiger charge is -2.32. The average molecular weight is 274 g/mol. The molecule has 0 radical (unpaired) electrons. The number of likely N-dealkylation sites (N-methyl/N-ethyl adjacent to an activating group) is 1. The number of fused-ring (bicyclic) bond motifs is 1. The van der Waals surface area contributed by atoms with E-state index >= 15 is 0 Å². The Kier molecular flexibility index (Phi) is 3.66. The van der Waals surface area contributed by atoms with Gasteiger partial charge in [0.05, 0.1) is 6.61 Å². The van der Waals surface area contributed by atoms with Gasteiger partial charge in [0.2, 0.25) is 5.91 Å². The predicted molar refractivity (Wildman–Crippen MR) is 77.9 cm³/mol. The zero-order valence-electron chi connectivity index (χ0n) is 12.2. The monoisotopic (exact) mass is 274 g/mol. The minimum Gasteiger partial charge on any atom is -0.493 e. The summed E-state index contributed by atoms with van der Waals surface area (Å²) in [6.45, 7) is 3.79. The van der Waals surface area contributed by atoms with Crippen molar-refractivity contribution in [2.75, 3.05) is 20.2 Å². The lowest BCUT2D eigenvalue weighted by Crippen LogP contribution is -2.47. The minimum atomic E-state index is 0.255. The highest BCUT2D eigenvalue weighted by Gasteiger charge is 2.24. The maximum Gasteiger partial charge on any atom is 0.222 e. The predicted octanol–water partition coefficient (Wildman–Crippen LogP) is 1.89. The van der Waals surface area contributed by atoms with Crippen LogP contribution >= 0.6 is 0 Å². The first-order valence-electron chi connectivity index (χ1n) is 7.39. The third-order valence-corrected chi connectivity index (χ3v) is 4.33. The summed E-state index contributed by atoms with van der Waals surface area (Å²) in [5.74, 6) is 1.29. The molecule has 20 heavy (non-hydrogen) atoms. The number of nitrogens with one attached hydrogen (secondary N) is 1. The molecule has 0 spiro atoms. The van der Waals surface area contributed by atoms with E-state index < -0.39 is 0 Å². The first kappa shape index (κ1) is 13.4. The summed E-state index contributed by atoms with van der Waals surface area (Å²) in [6, 6.07) is 7.15. The Morgan fingerprint density at radius 3 is 3.05 bits per heavy atom. The Bertz CT molecular complexity index is 515. The summed E-state index contributed by atoms with van der Waals surface area (Å²) in [5, 5.41) is 3.64. The first-order valence-corrected chi connectivity index (χ1v) is 7.39. The average Bonchev–Trinajstić information content (AvgIpc) is 2.90. The fraction of sp³-hybridized carbons (Fsp3) is 0.562. The van der Waals surface area contributed by atoms with Crippen molar-refractivity contribution in [3.05, 3.63) is 29.3 Å². The van der Waals surface area contributed by atoms with Crippen LogP contribution in [0.5, 0.6) is 5.75 Å². The molecule has 1 saturated heterocycles. The molecule has 1 aromatic rings. The molecule has 0 saturated carbocycles. The quantitative estimate of drug-likeness (QED) is 0.915. The zero-order valence-corrected chi connectivity index (χ0v) is 12.2. The molecule has 4 nitrogen and oxygen atoms in total. The smallest absolute Gasteiger partial charge is 0.222 e. The standard InChI is InChI=1S/C16H22N2O2/c1-11(17-14-4-6-16(19)18(2)10-14)12-3-5-15-13(9-12)7-8-20-15/h3,5,9,11,14,17H,4,6-8,10H2,1-2H3. The number of hydrogen-bond donors (Lipinski definition) is 1. The van der Waals surface area contributed by atoms with Crippen LogP contribution in [0.4, 0.5) is 0 Å². The van der Waals surface area contributed by atoms with Crippen molar-refractivity contribution in [2.45, 2.75) is 38.3 Å². The highest BCUT2D eigenvalue weighted by atomic mass is 16.5. The molecule has 0 aliphatic carbocycles. The van der Waals surface area contributed by atoms with Gasteiger partial charge in [-0.1, -0.05) is 12.1 Å². The van der Waals surface area contributed by atoms with E-state index in [0.29, 0.717) is 18.5 Å². The van der Waals surface area contributed by atoms with Crippen LogP contribution in [0, 0.1) is 0 Å². The van der Waals surface area contributed by atoms with Crippen LogP contribution in [0.2, 0.25) is 0 Å². The lowest BCUT2D eigenvalue weighted by molar-refractivity contribution is -0.132. The highest BCUT2D eigenvalue weighted by Crippen LogP contribution is 2.28. The molecule has 2 heterocycles. The maximum atomic E-state index is 11.5. The molecule has 2 aliphatic heterocycles. The number of piperidine rings is 1. The van der Waals surface area contributed by atoms with Crippen LogP contribution in [0.3, 0.4) is 0 Å². The second kappa shape index (κ2) is 5.44. The van der Waals surface area contributed by atoms with Crippen molar-refractivity contribution in [1.82, 2.24) is 10.2 Å². The van der Waals surface area contributed by atoms with Crippen molar-refractivity contribution in [1.29, 1.82) is 0 Å². The Balaban J connectivity index is 1.64. The van der Waals surface area contributed by atoms with Crippen molar-refractivity contribution < 1.29 is 9.53 Å². The van der Waals surface area contributed by atoms with Crippen molar-refractivity contribution >= 4 is 5.91 Å². The molecule has 1 amide bonds. The molecule has 2 unspecified atom stereocenters. The van der Waals surface area contributed by atoms with E-state index in [4.69, 9.17) is 4.74 Å². The van der Waals surface area contributed by atoms with E-state index in [1.165, 1.54) is 11.1 Å². The van der Waals surface area contributed by atoms with E-state index in [0.717, 1.165) is 31.7 Å². The van der Waals surface area contributed by atoms with Crippen LogP contribution < -0.4 is 10.1 Å². The summed E-state index contributed by atoms with van der Waals surface area (Å²) in [4.78, 5) is 13.3. The number of carbonyl (C=O) groups excluding carboxylic acids is 1. The van der Waals surface area contributed by atoms with Gasteiger partial charge in [0.25, 0.3) is 0 Å². The van der Waals surface area contributed by atoms with E-state index in [1.54, 1.807) is 0 Å². The first-order chi connectivity index (χ1) is 9.63. The molecule has 1 N–H and O–H groups in total. The summed E-state index contributed by atoms with van der Waals surface area (Å²) >= 11 is 0. The third-order valence-electron chi connectivity index (χ3n) is 4.33. The summed E-state index contributed by atoms with van der Waals surface area (Å²) in [6.07, 6.45) is 2.59. The van der Waals surface area contributed by atoms with Gasteiger partial charge in [0.1, 0.15) is 5.75 Å². The summed E-state index contributed by atoms with van der Waals surface area (Å²) in [7, 11) is 1.88. The number of carbonyl (C=O) groups is 1. The summed E-state index contributed by atoms with van der Waals surface area (Å²) in [5.41, 5.74) is 2.61. The van der Waals surface area contributed by atoms with Gasteiger partial charge in [-0.3, -0.25) is 4.79 Å². The van der Waals surface area contributed by atoms with Crippen molar-refractivity contribution in [2.24, 2.45) is 0 Å². The SMILES string of the molecule is CC(NC1CCC(=O)N(C)C1)c1ccc2c(c1)CCO2. The van der Waals surface area contributed by atoms with Crippen molar-refractivity contribution in [3.63, 3.8) is 0 Å². The number of hydrogen-bond acceptors (Lipinski definition) is 3. The van der Waals surface area contributed by atoms with E-state index in [2.05, 4.69) is 30.4 Å². The molecule has 1 aromatic carbocycles. The van der Waals surface area contributed by atoms with Gasteiger partial charge in [-0.2, -0.15) is 0 Å². The number of amides is 1. The molecule has 0 aromatic heterocycles. The zero-order chi connectivity index (χ0) is 14.1. The molecule has 3 rings (SSSR count).